The normalized spacial score (nSPS) is 9.94. The second-order valence-electron chi connectivity index (χ2n) is 3.90. The van der Waals surface area contributed by atoms with Crippen LogP contribution < -0.4 is 0 Å². The summed E-state index contributed by atoms with van der Waals surface area (Å²) in [5.74, 6) is -1.12. The van der Waals surface area contributed by atoms with Crippen LogP contribution in [-0.2, 0) is 20.7 Å². The quantitative estimate of drug-likeness (QED) is 0.538. The van der Waals surface area contributed by atoms with Crippen molar-refractivity contribution < 1.29 is 14.3 Å². The molecule has 3 heteroatoms. The first kappa shape index (κ1) is 13.4. The number of carbonyl (C=O) groups is 2. The van der Waals surface area contributed by atoms with Crippen LogP contribution in [0, 0.1) is 0 Å². The van der Waals surface area contributed by atoms with Gasteiger partial charge in [-0.3, -0.25) is 4.79 Å². The zero-order chi connectivity index (χ0) is 12.5. The molecule has 0 aromatic heterocycles. The Bertz CT molecular complexity index is 357. The first-order valence-electron chi connectivity index (χ1n) is 5.98. The van der Waals surface area contributed by atoms with Gasteiger partial charge in [-0.2, -0.15) is 0 Å². The molecule has 17 heavy (non-hydrogen) atoms. The van der Waals surface area contributed by atoms with Crippen molar-refractivity contribution in [1.29, 1.82) is 0 Å². The summed E-state index contributed by atoms with van der Waals surface area (Å²) in [7, 11) is 0. The number of unbranched alkanes of at least 4 members (excludes halogenated alkanes) is 1. The monoisotopic (exact) mass is 234 g/mol. The number of ketones is 1. The highest BCUT2D eigenvalue weighted by atomic mass is 16.5. The molecule has 0 saturated heterocycles. The summed E-state index contributed by atoms with van der Waals surface area (Å²) in [6.45, 7) is 2.24. The molecule has 0 saturated carbocycles. The molecule has 92 valence electrons. The summed E-state index contributed by atoms with van der Waals surface area (Å²) in [6.07, 6.45) is 2.59. The number of Topliss-reactive ketones (excluding diaryl/α,β-unsaturated/α-hetero) is 1. The van der Waals surface area contributed by atoms with E-state index in [1.807, 2.05) is 37.3 Å². The van der Waals surface area contributed by atoms with E-state index in [0.29, 0.717) is 12.8 Å². The molecule has 0 unspecified atom stereocenters. The lowest BCUT2D eigenvalue weighted by atomic mass is 10.2. The van der Waals surface area contributed by atoms with E-state index in [1.54, 1.807) is 0 Å². The molecule has 3 nitrogen and oxygen atoms in total. The lowest BCUT2D eigenvalue weighted by molar-refractivity contribution is -0.153. The van der Waals surface area contributed by atoms with Crippen molar-refractivity contribution in [3.63, 3.8) is 0 Å². The van der Waals surface area contributed by atoms with Gasteiger partial charge in [0.1, 0.15) is 0 Å². The molecule has 1 aromatic rings. The maximum atomic E-state index is 11.3. The molecule has 0 spiro atoms. The fourth-order valence-corrected chi connectivity index (χ4v) is 1.43. The summed E-state index contributed by atoms with van der Waals surface area (Å²) >= 11 is 0. The van der Waals surface area contributed by atoms with Crippen molar-refractivity contribution >= 4 is 11.8 Å². The van der Waals surface area contributed by atoms with Crippen LogP contribution in [0.1, 0.15) is 31.7 Å². The van der Waals surface area contributed by atoms with Crippen LogP contribution in [0.3, 0.4) is 0 Å². The number of hydrogen-bond acceptors (Lipinski definition) is 3. The van der Waals surface area contributed by atoms with E-state index < -0.39 is 11.8 Å². The van der Waals surface area contributed by atoms with Gasteiger partial charge < -0.3 is 4.74 Å². The fourth-order valence-electron chi connectivity index (χ4n) is 1.43. The summed E-state index contributed by atoms with van der Waals surface area (Å²) < 4.78 is 4.92. The van der Waals surface area contributed by atoms with E-state index in [-0.39, 0.29) is 6.61 Å². The zero-order valence-corrected chi connectivity index (χ0v) is 10.1. The summed E-state index contributed by atoms with van der Waals surface area (Å²) in [6, 6.07) is 9.73. The number of ether oxygens (including phenoxy) is 1. The third-order valence-electron chi connectivity index (χ3n) is 2.45. The molecule has 1 aromatic carbocycles. The smallest absolute Gasteiger partial charge is 0.374 e. The summed E-state index contributed by atoms with van der Waals surface area (Å²) in [4.78, 5) is 22.5. The van der Waals surface area contributed by atoms with E-state index in [4.69, 9.17) is 4.74 Å². The van der Waals surface area contributed by atoms with Crippen LogP contribution in [0.5, 0.6) is 0 Å². The molecule has 0 aliphatic carbocycles. The Labute approximate surface area is 102 Å². The minimum Gasteiger partial charge on any atom is -0.460 e. The molecular formula is C14H18O3. The average molecular weight is 234 g/mol. The number of esters is 1. The first-order valence-corrected chi connectivity index (χ1v) is 5.98. The highest BCUT2D eigenvalue weighted by molar-refractivity contribution is 6.33. The van der Waals surface area contributed by atoms with Gasteiger partial charge in [0.25, 0.3) is 0 Å². The van der Waals surface area contributed by atoms with Crippen molar-refractivity contribution in [3.8, 4) is 0 Å². The second-order valence-corrected chi connectivity index (χ2v) is 3.90. The average Bonchev–Trinajstić information content (AvgIpc) is 2.37. The van der Waals surface area contributed by atoms with Gasteiger partial charge in [0.05, 0.1) is 6.61 Å². The van der Waals surface area contributed by atoms with Gasteiger partial charge in [-0.15, -0.1) is 0 Å². The van der Waals surface area contributed by atoms with Crippen molar-refractivity contribution in [2.75, 3.05) is 6.61 Å². The lowest BCUT2D eigenvalue weighted by Gasteiger charge is -2.03. The lowest BCUT2D eigenvalue weighted by Crippen LogP contribution is -2.18. The standard InChI is InChI=1S/C14H18O3/c1-2-3-9-13(15)14(16)17-11-10-12-7-5-4-6-8-12/h4-8H,2-3,9-11H2,1H3. The van der Waals surface area contributed by atoms with Gasteiger partial charge in [-0.05, 0) is 12.0 Å². The molecule has 0 radical (unpaired) electrons. The van der Waals surface area contributed by atoms with Crippen LogP contribution >= 0.6 is 0 Å². The van der Waals surface area contributed by atoms with Gasteiger partial charge in [0.15, 0.2) is 0 Å². The molecular weight excluding hydrogens is 216 g/mol. The molecule has 0 aliphatic heterocycles. The maximum Gasteiger partial charge on any atom is 0.374 e. The van der Waals surface area contributed by atoms with E-state index in [2.05, 4.69) is 0 Å². The third-order valence-corrected chi connectivity index (χ3v) is 2.45. The Morgan fingerprint density at radius 1 is 1.18 bits per heavy atom. The Morgan fingerprint density at radius 3 is 2.53 bits per heavy atom. The van der Waals surface area contributed by atoms with E-state index in [1.165, 1.54) is 0 Å². The van der Waals surface area contributed by atoms with Gasteiger partial charge in [-0.1, -0.05) is 43.7 Å². The Balaban J connectivity index is 2.22. The van der Waals surface area contributed by atoms with Crippen LogP contribution in [-0.4, -0.2) is 18.4 Å². The number of rotatable bonds is 7. The van der Waals surface area contributed by atoms with Gasteiger partial charge in [0, 0.05) is 12.8 Å². The SMILES string of the molecule is CCCCC(=O)C(=O)OCCc1ccccc1. The van der Waals surface area contributed by atoms with Crippen molar-refractivity contribution in [2.24, 2.45) is 0 Å². The Morgan fingerprint density at radius 2 is 1.88 bits per heavy atom. The van der Waals surface area contributed by atoms with E-state index >= 15 is 0 Å². The predicted octanol–water partition coefficient (Wildman–Crippen LogP) is 2.53. The van der Waals surface area contributed by atoms with Crippen molar-refractivity contribution in [1.82, 2.24) is 0 Å². The minimum atomic E-state index is -0.700. The van der Waals surface area contributed by atoms with Crippen molar-refractivity contribution in [2.45, 2.75) is 32.6 Å². The molecule has 0 amide bonds. The Kier molecular flexibility index (Phi) is 6.00. The number of carbonyl (C=O) groups excluding carboxylic acids is 2. The molecule has 0 heterocycles. The Hall–Kier alpha value is -1.64. The number of benzene rings is 1. The molecule has 0 bridgehead atoms. The van der Waals surface area contributed by atoms with E-state index in [9.17, 15) is 9.59 Å². The predicted molar refractivity (Wildman–Crippen MR) is 65.6 cm³/mol. The van der Waals surface area contributed by atoms with Crippen molar-refractivity contribution in [3.05, 3.63) is 35.9 Å². The van der Waals surface area contributed by atoms with Gasteiger partial charge in [-0.25, -0.2) is 4.79 Å². The largest absolute Gasteiger partial charge is 0.460 e. The highest BCUT2D eigenvalue weighted by Crippen LogP contribution is 2.01. The fraction of sp³-hybridized carbons (Fsp3) is 0.429. The first-order chi connectivity index (χ1) is 8.24. The third kappa shape index (κ3) is 5.29. The number of hydrogen-bond donors (Lipinski definition) is 0. The van der Waals surface area contributed by atoms with Crippen LogP contribution in [0.15, 0.2) is 30.3 Å². The van der Waals surface area contributed by atoms with E-state index in [0.717, 1.165) is 18.4 Å². The molecule has 0 N–H and O–H groups in total. The van der Waals surface area contributed by atoms with Crippen LogP contribution in [0.4, 0.5) is 0 Å². The highest BCUT2D eigenvalue weighted by Gasteiger charge is 2.13. The van der Waals surface area contributed by atoms with Gasteiger partial charge in [0.2, 0.25) is 5.78 Å². The zero-order valence-electron chi connectivity index (χ0n) is 10.1. The molecule has 1 rings (SSSR count). The minimum absolute atomic E-state index is 0.265. The topological polar surface area (TPSA) is 43.4 Å². The maximum absolute atomic E-state index is 11.3. The molecule has 0 atom stereocenters. The summed E-state index contributed by atoms with van der Waals surface area (Å²) in [5, 5.41) is 0. The molecule has 0 fully saturated rings. The van der Waals surface area contributed by atoms with Gasteiger partial charge >= 0.3 is 5.97 Å². The summed E-state index contributed by atoms with van der Waals surface area (Å²) in [5.41, 5.74) is 1.10. The van der Waals surface area contributed by atoms with Crippen LogP contribution in [0.2, 0.25) is 0 Å². The second kappa shape index (κ2) is 7.60. The van der Waals surface area contributed by atoms with Crippen LogP contribution in [0.25, 0.3) is 0 Å². The molecule has 0 aliphatic rings.